The highest BCUT2D eigenvalue weighted by atomic mass is 35.5. The third kappa shape index (κ3) is 5.30. The Bertz CT molecular complexity index is 847. The lowest BCUT2D eigenvalue weighted by Gasteiger charge is -2.12. The van der Waals surface area contributed by atoms with Crippen LogP contribution < -0.4 is 20.9 Å². The number of halogens is 1. The summed E-state index contributed by atoms with van der Waals surface area (Å²) >= 11 is 10.9. The molecular formula is C16H15ClN4O4S. The third-order valence-electron chi connectivity index (χ3n) is 3.09. The van der Waals surface area contributed by atoms with E-state index < -0.39 is 10.8 Å². The van der Waals surface area contributed by atoms with Gasteiger partial charge < -0.3 is 10.1 Å². The number of hydrogen-bond donors (Lipinski definition) is 3. The van der Waals surface area contributed by atoms with E-state index in [-0.39, 0.29) is 28.7 Å². The van der Waals surface area contributed by atoms with Crippen LogP contribution in [0.25, 0.3) is 0 Å². The number of nitrogens with one attached hydrogen (secondary N) is 3. The molecule has 0 heterocycles. The number of ether oxygens (including phenoxy) is 1. The Labute approximate surface area is 159 Å². The molecule has 0 radical (unpaired) electrons. The SMILES string of the molecule is CCOc1ccc(C(=O)NNC(=S)Nc2cccc(Cl)c2)cc1[N+](=O)[O-]. The van der Waals surface area contributed by atoms with E-state index >= 15 is 0 Å². The van der Waals surface area contributed by atoms with Gasteiger partial charge in [0.2, 0.25) is 0 Å². The molecule has 0 bridgehead atoms. The van der Waals surface area contributed by atoms with E-state index in [0.717, 1.165) is 6.07 Å². The highest BCUT2D eigenvalue weighted by Gasteiger charge is 2.18. The van der Waals surface area contributed by atoms with Crippen molar-refractivity contribution in [1.29, 1.82) is 0 Å². The Morgan fingerprint density at radius 1 is 1.27 bits per heavy atom. The number of hydrogen-bond acceptors (Lipinski definition) is 5. The summed E-state index contributed by atoms with van der Waals surface area (Å²) in [5.41, 5.74) is 5.31. The first kappa shape index (κ1) is 19.4. The number of carbonyl (C=O) groups excluding carboxylic acids is 1. The Morgan fingerprint density at radius 2 is 2.04 bits per heavy atom. The summed E-state index contributed by atoms with van der Waals surface area (Å²) in [7, 11) is 0. The van der Waals surface area contributed by atoms with Crippen molar-refractivity contribution in [2.45, 2.75) is 6.92 Å². The Balaban J connectivity index is 2.00. The van der Waals surface area contributed by atoms with Gasteiger partial charge in [-0.1, -0.05) is 17.7 Å². The summed E-state index contributed by atoms with van der Waals surface area (Å²) in [5, 5.41) is 14.6. The van der Waals surface area contributed by atoms with Gasteiger partial charge in [-0.05, 0) is 49.5 Å². The normalized spacial score (nSPS) is 9.92. The second-order valence-electron chi connectivity index (χ2n) is 4.92. The number of amides is 1. The molecule has 0 aromatic heterocycles. The fourth-order valence-electron chi connectivity index (χ4n) is 1.99. The largest absolute Gasteiger partial charge is 0.487 e. The molecule has 2 rings (SSSR count). The zero-order valence-electron chi connectivity index (χ0n) is 13.6. The Kier molecular flexibility index (Phi) is 6.70. The van der Waals surface area contributed by atoms with Crippen molar-refractivity contribution in [3.05, 3.63) is 63.2 Å². The number of nitro groups is 1. The zero-order chi connectivity index (χ0) is 19.1. The maximum absolute atomic E-state index is 12.2. The van der Waals surface area contributed by atoms with Gasteiger partial charge >= 0.3 is 5.69 Å². The van der Waals surface area contributed by atoms with E-state index in [1.807, 2.05) is 0 Å². The molecule has 0 spiro atoms. The molecule has 0 aliphatic rings. The summed E-state index contributed by atoms with van der Waals surface area (Å²) in [6.07, 6.45) is 0. The lowest BCUT2D eigenvalue weighted by molar-refractivity contribution is -0.385. The molecule has 0 saturated heterocycles. The average Bonchev–Trinajstić information content (AvgIpc) is 2.60. The third-order valence-corrected chi connectivity index (χ3v) is 3.53. The maximum atomic E-state index is 12.2. The minimum absolute atomic E-state index is 0.0817. The van der Waals surface area contributed by atoms with Gasteiger partial charge in [-0.15, -0.1) is 0 Å². The second kappa shape index (κ2) is 8.97. The minimum Gasteiger partial charge on any atom is -0.487 e. The van der Waals surface area contributed by atoms with Crippen molar-refractivity contribution in [2.75, 3.05) is 11.9 Å². The van der Waals surface area contributed by atoms with Crippen LogP contribution in [0.2, 0.25) is 5.02 Å². The summed E-state index contributed by atoms with van der Waals surface area (Å²) in [5.74, 6) is -0.494. The van der Waals surface area contributed by atoms with Gasteiger partial charge in [0.25, 0.3) is 5.91 Å². The molecular weight excluding hydrogens is 380 g/mol. The van der Waals surface area contributed by atoms with Crippen molar-refractivity contribution < 1.29 is 14.5 Å². The standard InChI is InChI=1S/C16H15ClN4O4S/c1-2-25-14-7-6-10(8-13(14)21(23)24)15(22)19-20-16(26)18-12-5-3-4-11(17)9-12/h3-9H,2H2,1H3,(H,19,22)(H2,18,20,26). The van der Waals surface area contributed by atoms with E-state index in [1.165, 1.54) is 12.1 Å². The molecule has 0 aliphatic carbocycles. The number of anilines is 1. The lowest BCUT2D eigenvalue weighted by Crippen LogP contribution is -2.43. The van der Waals surface area contributed by atoms with Gasteiger partial charge in [-0.2, -0.15) is 0 Å². The fourth-order valence-corrected chi connectivity index (χ4v) is 2.35. The number of hydrazine groups is 1. The predicted octanol–water partition coefficient (Wildman–Crippen LogP) is 3.28. The van der Waals surface area contributed by atoms with Gasteiger partial charge in [0.1, 0.15) is 0 Å². The summed E-state index contributed by atoms with van der Waals surface area (Å²) in [6, 6.07) is 10.8. The number of thiocarbonyl (C=S) groups is 1. The molecule has 3 N–H and O–H groups in total. The smallest absolute Gasteiger partial charge is 0.311 e. The summed E-state index contributed by atoms with van der Waals surface area (Å²) < 4.78 is 5.18. The number of rotatable bonds is 5. The van der Waals surface area contributed by atoms with E-state index in [4.69, 9.17) is 28.6 Å². The van der Waals surface area contributed by atoms with Crippen molar-refractivity contribution in [2.24, 2.45) is 0 Å². The number of carbonyl (C=O) groups is 1. The van der Waals surface area contributed by atoms with Crippen molar-refractivity contribution in [1.82, 2.24) is 10.9 Å². The lowest BCUT2D eigenvalue weighted by atomic mass is 10.2. The van der Waals surface area contributed by atoms with Crippen LogP contribution in [-0.2, 0) is 0 Å². The molecule has 1 amide bonds. The molecule has 0 aliphatic heterocycles. The van der Waals surface area contributed by atoms with Crippen LogP contribution in [-0.4, -0.2) is 22.5 Å². The van der Waals surface area contributed by atoms with Crippen LogP contribution in [0, 0.1) is 10.1 Å². The van der Waals surface area contributed by atoms with Crippen LogP contribution in [0.4, 0.5) is 11.4 Å². The highest BCUT2D eigenvalue weighted by Crippen LogP contribution is 2.27. The molecule has 0 saturated carbocycles. The molecule has 10 heteroatoms. The first-order valence-corrected chi connectivity index (χ1v) is 8.23. The van der Waals surface area contributed by atoms with Crippen LogP contribution in [0.3, 0.4) is 0 Å². The van der Waals surface area contributed by atoms with Crippen LogP contribution in [0.1, 0.15) is 17.3 Å². The van der Waals surface area contributed by atoms with Crippen molar-refractivity contribution in [3.63, 3.8) is 0 Å². The molecule has 136 valence electrons. The molecule has 2 aromatic rings. The molecule has 26 heavy (non-hydrogen) atoms. The van der Waals surface area contributed by atoms with E-state index in [2.05, 4.69) is 16.2 Å². The van der Waals surface area contributed by atoms with Gasteiger partial charge in [-0.25, -0.2) is 0 Å². The molecule has 0 unspecified atom stereocenters. The second-order valence-corrected chi connectivity index (χ2v) is 5.76. The summed E-state index contributed by atoms with van der Waals surface area (Å²) in [4.78, 5) is 22.6. The molecule has 8 nitrogen and oxygen atoms in total. The predicted molar refractivity (Wildman–Crippen MR) is 103 cm³/mol. The number of nitrogens with zero attached hydrogens (tertiary/aromatic N) is 1. The minimum atomic E-state index is -0.611. The number of nitro benzene ring substituents is 1. The van der Waals surface area contributed by atoms with Gasteiger partial charge in [0, 0.05) is 22.3 Å². The van der Waals surface area contributed by atoms with Crippen molar-refractivity contribution in [3.8, 4) is 5.75 Å². The van der Waals surface area contributed by atoms with Gasteiger partial charge in [-0.3, -0.25) is 25.8 Å². The van der Waals surface area contributed by atoms with Crippen LogP contribution >= 0.6 is 23.8 Å². The molecule has 0 fully saturated rings. The quantitative estimate of drug-likeness (QED) is 0.406. The monoisotopic (exact) mass is 394 g/mol. The van der Waals surface area contributed by atoms with E-state index in [1.54, 1.807) is 31.2 Å². The zero-order valence-corrected chi connectivity index (χ0v) is 15.2. The van der Waals surface area contributed by atoms with E-state index in [0.29, 0.717) is 10.7 Å². The van der Waals surface area contributed by atoms with Crippen molar-refractivity contribution >= 4 is 46.2 Å². The van der Waals surface area contributed by atoms with Crippen LogP contribution in [0.5, 0.6) is 5.75 Å². The van der Waals surface area contributed by atoms with Crippen LogP contribution in [0.15, 0.2) is 42.5 Å². The van der Waals surface area contributed by atoms with Gasteiger partial charge in [0.15, 0.2) is 10.9 Å². The highest BCUT2D eigenvalue weighted by molar-refractivity contribution is 7.80. The first-order valence-electron chi connectivity index (χ1n) is 7.45. The average molecular weight is 395 g/mol. The Hall–Kier alpha value is -2.91. The molecule has 2 aromatic carbocycles. The number of benzene rings is 2. The van der Waals surface area contributed by atoms with Gasteiger partial charge in [0.05, 0.1) is 11.5 Å². The molecule has 0 atom stereocenters. The fraction of sp³-hybridized carbons (Fsp3) is 0.125. The topological polar surface area (TPSA) is 106 Å². The van der Waals surface area contributed by atoms with E-state index in [9.17, 15) is 14.9 Å². The first-order chi connectivity index (χ1) is 12.4. The Morgan fingerprint density at radius 3 is 2.69 bits per heavy atom. The summed E-state index contributed by atoms with van der Waals surface area (Å²) in [6.45, 7) is 1.99. The maximum Gasteiger partial charge on any atom is 0.311 e.